The molecule has 0 saturated carbocycles. The van der Waals surface area contributed by atoms with Crippen LogP contribution in [0.25, 0.3) is 0 Å². The van der Waals surface area contributed by atoms with E-state index in [1.807, 2.05) is 55.5 Å². The lowest BCUT2D eigenvalue weighted by Crippen LogP contribution is -2.30. The average Bonchev–Trinajstić information content (AvgIpc) is 3.12. The molecule has 3 aromatic carbocycles. The van der Waals surface area contributed by atoms with E-state index >= 15 is 0 Å². The molecule has 1 saturated heterocycles. The highest BCUT2D eigenvalue weighted by molar-refractivity contribution is 9.10. The first-order valence-electron chi connectivity index (χ1n) is 10.3. The van der Waals surface area contributed by atoms with Gasteiger partial charge in [-0.2, -0.15) is 5.26 Å². The van der Waals surface area contributed by atoms with E-state index < -0.39 is 11.2 Å². The van der Waals surface area contributed by atoms with Crippen LogP contribution in [0.5, 0.6) is 0 Å². The van der Waals surface area contributed by atoms with Crippen LogP contribution in [0.2, 0.25) is 0 Å². The molecule has 0 aliphatic carbocycles. The minimum Gasteiger partial charge on any atom is -0.321 e. The summed E-state index contributed by atoms with van der Waals surface area (Å²) in [6, 6.07) is 26.2. The summed E-state index contributed by atoms with van der Waals surface area (Å²) >= 11 is 4.63. The van der Waals surface area contributed by atoms with E-state index in [0.29, 0.717) is 22.8 Å². The summed E-state index contributed by atoms with van der Waals surface area (Å²) in [4.78, 5) is 28.0. The lowest BCUT2D eigenvalue weighted by molar-refractivity contribution is -0.117. The van der Waals surface area contributed by atoms with Crippen molar-refractivity contribution in [1.29, 1.82) is 5.26 Å². The van der Waals surface area contributed by atoms with E-state index in [0.717, 1.165) is 15.6 Å². The maximum atomic E-state index is 13.5. The highest BCUT2D eigenvalue weighted by Crippen LogP contribution is 2.42. The second kappa shape index (κ2) is 10.1. The number of hydrogen-bond donors (Lipinski definition) is 1. The first kappa shape index (κ1) is 22.8. The molecule has 5 nitrogen and oxygen atoms in total. The SMILES string of the molecule is Cc1cccc(CC2SC(=C(C#N)C(=O)Nc3ccc(Br)cc3)N(c3ccccc3)C2=O)c1. The Labute approximate surface area is 205 Å². The number of nitrogens with one attached hydrogen (secondary N) is 1. The maximum absolute atomic E-state index is 13.5. The predicted molar refractivity (Wildman–Crippen MR) is 136 cm³/mol. The molecular formula is C26H20BrN3O2S. The Morgan fingerprint density at radius 3 is 2.48 bits per heavy atom. The van der Waals surface area contributed by atoms with Crippen molar-refractivity contribution in [2.75, 3.05) is 10.2 Å². The standard InChI is InChI=1S/C26H20BrN3O2S/c1-17-6-5-7-18(14-17)15-23-25(32)30(21-8-3-2-4-9-21)26(33-23)22(16-28)24(31)29-20-12-10-19(27)11-13-20/h2-14,23H,15H2,1H3,(H,29,31). The van der Waals surface area contributed by atoms with E-state index in [1.165, 1.54) is 16.7 Å². The number of halogens is 1. The van der Waals surface area contributed by atoms with Crippen LogP contribution in [0.1, 0.15) is 11.1 Å². The van der Waals surface area contributed by atoms with Gasteiger partial charge in [0.15, 0.2) is 0 Å². The van der Waals surface area contributed by atoms with Gasteiger partial charge < -0.3 is 5.32 Å². The monoisotopic (exact) mass is 517 g/mol. The fourth-order valence-electron chi connectivity index (χ4n) is 3.58. The van der Waals surface area contributed by atoms with Gasteiger partial charge in [-0.3, -0.25) is 14.5 Å². The third kappa shape index (κ3) is 5.19. The molecule has 0 bridgehead atoms. The van der Waals surface area contributed by atoms with Crippen LogP contribution in [0, 0.1) is 18.3 Å². The Morgan fingerprint density at radius 2 is 1.82 bits per heavy atom. The summed E-state index contributed by atoms with van der Waals surface area (Å²) in [7, 11) is 0. The third-order valence-corrected chi connectivity index (χ3v) is 6.92. The van der Waals surface area contributed by atoms with Gasteiger partial charge >= 0.3 is 0 Å². The number of benzene rings is 3. The first-order chi connectivity index (χ1) is 16.0. The molecule has 1 aliphatic heterocycles. The van der Waals surface area contributed by atoms with Gasteiger partial charge in [-0.25, -0.2) is 0 Å². The first-order valence-corrected chi connectivity index (χ1v) is 12.0. The van der Waals surface area contributed by atoms with Crippen LogP contribution < -0.4 is 10.2 Å². The van der Waals surface area contributed by atoms with E-state index in [4.69, 9.17) is 0 Å². The summed E-state index contributed by atoms with van der Waals surface area (Å²) < 4.78 is 0.880. The normalized spacial score (nSPS) is 16.9. The molecule has 1 unspecified atom stereocenters. The Balaban J connectivity index is 1.71. The van der Waals surface area contributed by atoms with E-state index in [9.17, 15) is 14.9 Å². The zero-order chi connectivity index (χ0) is 23.4. The molecule has 0 aromatic heterocycles. The van der Waals surface area contributed by atoms with Gasteiger partial charge in [0.25, 0.3) is 5.91 Å². The number of para-hydroxylation sites is 1. The molecule has 164 valence electrons. The highest BCUT2D eigenvalue weighted by Gasteiger charge is 2.40. The summed E-state index contributed by atoms with van der Waals surface area (Å²) in [5.74, 6) is -0.695. The number of hydrogen-bond acceptors (Lipinski definition) is 4. The molecule has 33 heavy (non-hydrogen) atoms. The van der Waals surface area contributed by atoms with E-state index in [2.05, 4.69) is 21.2 Å². The highest BCUT2D eigenvalue weighted by atomic mass is 79.9. The van der Waals surface area contributed by atoms with Crippen molar-refractivity contribution in [3.05, 3.63) is 105 Å². The third-order valence-electron chi connectivity index (χ3n) is 5.13. The molecule has 0 radical (unpaired) electrons. The van der Waals surface area contributed by atoms with Crippen LogP contribution in [-0.2, 0) is 16.0 Å². The fourth-order valence-corrected chi connectivity index (χ4v) is 5.15. The van der Waals surface area contributed by atoms with Crippen LogP contribution in [0.15, 0.2) is 93.9 Å². The smallest absolute Gasteiger partial charge is 0.269 e. The van der Waals surface area contributed by atoms with Gasteiger partial charge in [0.1, 0.15) is 16.7 Å². The maximum Gasteiger partial charge on any atom is 0.269 e. The summed E-state index contributed by atoms with van der Waals surface area (Å²) in [6.45, 7) is 2.01. The van der Waals surface area contributed by atoms with Gasteiger partial charge in [0.05, 0.1) is 5.25 Å². The molecule has 1 heterocycles. The number of anilines is 2. The van der Waals surface area contributed by atoms with Crippen molar-refractivity contribution < 1.29 is 9.59 Å². The number of rotatable bonds is 5. The van der Waals surface area contributed by atoms with Gasteiger partial charge in [0.2, 0.25) is 5.91 Å². The molecule has 3 aromatic rings. The number of nitriles is 1. The Kier molecular flexibility index (Phi) is 6.97. The minimum absolute atomic E-state index is 0.0909. The molecular weight excluding hydrogens is 498 g/mol. The minimum atomic E-state index is -0.549. The van der Waals surface area contributed by atoms with Gasteiger partial charge in [-0.1, -0.05) is 75.7 Å². The van der Waals surface area contributed by atoms with Crippen LogP contribution >= 0.6 is 27.7 Å². The molecule has 1 N–H and O–H groups in total. The van der Waals surface area contributed by atoms with Crippen LogP contribution in [0.4, 0.5) is 11.4 Å². The Morgan fingerprint density at radius 1 is 1.09 bits per heavy atom. The van der Waals surface area contributed by atoms with Crippen molar-refractivity contribution in [2.45, 2.75) is 18.6 Å². The number of carbonyl (C=O) groups excluding carboxylic acids is 2. The van der Waals surface area contributed by atoms with E-state index in [1.54, 1.807) is 36.4 Å². The topological polar surface area (TPSA) is 73.2 Å². The van der Waals surface area contributed by atoms with Crippen molar-refractivity contribution >= 4 is 50.9 Å². The van der Waals surface area contributed by atoms with Gasteiger partial charge in [-0.05, 0) is 55.3 Å². The molecule has 1 aliphatic rings. The second-order valence-corrected chi connectivity index (χ2v) is 9.67. The largest absolute Gasteiger partial charge is 0.321 e. The molecule has 0 spiro atoms. The van der Waals surface area contributed by atoms with Crippen LogP contribution in [-0.4, -0.2) is 17.1 Å². The summed E-state index contributed by atoms with van der Waals surface area (Å²) in [6.07, 6.45) is 0.505. The molecule has 7 heteroatoms. The zero-order valence-electron chi connectivity index (χ0n) is 17.8. The second-order valence-electron chi connectivity index (χ2n) is 7.56. The molecule has 1 fully saturated rings. The summed E-state index contributed by atoms with van der Waals surface area (Å²) in [5, 5.41) is 12.6. The van der Waals surface area contributed by atoms with Crippen LogP contribution in [0.3, 0.4) is 0 Å². The average molecular weight is 518 g/mol. The van der Waals surface area contributed by atoms with Gasteiger partial charge in [0, 0.05) is 15.8 Å². The molecule has 4 rings (SSSR count). The van der Waals surface area contributed by atoms with Crippen molar-refractivity contribution in [3.8, 4) is 6.07 Å². The predicted octanol–water partition coefficient (Wildman–Crippen LogP) is 5.82. The molecule has 2 amide bonds. The van der Waals surface area contributed by atoms with Crippen molar-refractivity contribution in [1.82, 2.24) is 0 Å². The molecule has 1 atom stereocenters. The fraction of sp³-hybridized carbons (Fsp3) is 0.115. The van der Waals surface area contributed by atoms with E-state index in [-0.39, 0.29) is 11.5 Å². The number of amides is 2. The Hall–Kier alpha value is -3.34. The number of carbonyl (C=O) groups is 2. The Bertz CT molecular complexity index is 1270. The number of aryl methyl sites for hydroxylation is 1. The lowest BCUT2D eigenvalue weighted by atomic mass is 10.1. The number of nitrogens with zero attached hydrogens (tertiary/aromatic N) is 2. The zero-order valence-corrected chi connectivity index (χ0v) is 20.2. The quantitative estimate of drug-likeness (QED) is 0.341. The lowest BCUT2D eigenvalue weighted by Gasteiger charge is -2.18. The van der Waals surface area contributed by atoms with Crippen molar-refractivity contribution in [3.63, 3.8) is 0 Å². The summed E-state index contributed by atoms with van der Waals surface area (Å²) in [5.41, 5.74) is 3.25. The van der Waals surface area contributed by atoms with Crippen molar-refractivity contribution in [2.24, 2.45) is 0 Å². The van der Waals surface area contributed by atoms with Gasteiger partial charge in [-0.15, -0.1) is 0 Å². The number of thioether (sulfide) groups is 1.